The van der Waals surface area contributed by atoms with Crippen molar-refractivity contribution in [1.29, 1.82) is 0 Å². The number of methoxy groups -OCH3 is 1. The largest absolute Gasteiger partial charge is 0.496 e. The molecule has 4 aromatic rings. The van der Waals surface area contributed by atoms with Crippen LogP contribution in [0.2, 0.25) is 0 Å². The summed E-state index contributed by atoms with van der Waals surface area (Å²) in [5.74, 6) is 2.94. The second kappa shape index (κ2) is 7.22. The molecule has 0 amide bonds. The summed E-state index contributed by atoms with van der Waals surface area (Å²) in [6, 6.07) is 18.0. The maximum atomic E-state index is 5.50. The number of hydrogen-bond acceptors (Lipinski definition) is 5. The minimum Gasteiger partial charge on any atom is -0.496 e. The normalized spacial score (nSPS) is 11.0. The molecule has 4 nitrogen and oxygen atoms in total. The Morgan fingerprint density at radius 3 is 2.73 bits per heavy atom. The molecule has 2 aromatic carbocycles. The van der Waals surface area contributed by atoms with Gasteiger partial charge >= 0.3 is 0 Å². The summed E-state index contributed by atoms with van der Waals surface area (Å²) < 4.78 is 11.0. The molecular formula is C21H18N2O2S. The molecule has 0 atom stereocenters. The van der Waals surface area contributed by atoms with E-state index in [0.29, 0.717) is 11.6 Å². The number of nitrogens with zero attached hydrogens (tertiary/aromatic N) is 2. The molecule has 0 saturated carbocycles. The van der Waals surface area contributed by atoms with Crippen LogP contribution in [-0.4, -0.2) is 17.1 Å². The number of fused-ring (bicyclic) bond motifs is 1. The van der Waals surface area contributed by atoms with Crippen molar-refractivity contribution in [3.8, 4) is 17.3 Å². The first-order valence-corrected chi connectivity index (χ1v) is 9.30. The minimum atomic E-state index is 0.604. The van der Waals surface area contributed by atoms with Gasteiger partial charge in [-0.2, -0.15) is 0 Å². The zero-order chi connectivity index (χ0) is 17.9. The van der Waals surface area contributed by atoms with Crippen molar-refractivity contribution in [2.24, 2.45) is 0 Å². The van der Waals surface area contributed by atoms with Gasteiger partial charge in [0.2, 0.25) is 0 Å². The second-order valence-electron chi connectivity index (χ2n) is 5.95. The van der Waals surface area contributed by atoms with E-state index in [-0.39, 0.29) is 0 Å². The molecule has 0 saturated heterocycles. The molecule has 0 unspecified atom stereocenters. The van der Waals surface area contributed by atoms with E-state index in [9.17, 15) is 0 Å². The van der Waals surface area contributed by atoms with Gasteiger partial charge in [-0.3, -0.25) is 0 Å². The SMILES string of the molecule is COc1ccc(C)cc1CSc1nc(-c2ccco2)nc2ccccc12. The summed E-state index contributed by atoms with van der Waals surface area (Å²) >= 11 is 1.68. The van der Waals surface area contributed by atoms with Crippen LogP contribution in [0.3, 0.4) is 0 Å². The van der Waals surface area contributed by atoms with E-state index in [2.05, 4.69) is 30.1 Å². The van der Waals surface area contributed by atoms with Crippen LogP contribution in [-0.2, 0) is 5.75 Å². The lowest BCUT2D eigenvalue weighted by molar-refractivity contribution is 0.411. The highest BCUT2D eigenvalue weighted by molar-refractivity contribution is 7.98. The van der Waals surface area contributed by atoms with E-state index in [1.54, 1.807) is 25.1 Å². The Kier molecular flexibility index (Phi) is 4.63. The Labute approximate surface area is 156 Å². The van der Waals surface area contributed by atoms with E-state index in [1.165, 1.54) is 5.56 Å². The second-order valence-corrected chi connectivity index (χ2v) is 6.91. The van der Waals surface area contributed by atoms with Crippen molar-refractivity contribution < 1.29 is 9.15 Å². The van der Waals surface area contributed by atoms with Gasteiger partial charge in [0.05, 0.1) is 18.9 Å². The van der Waals surface area contributed by atoms with Crippen LogP contribution < -0.4 is 4.74 Å². The van der Waals surface area contributed by atoms with Crippen molar-refractivity contribution in [2.75, 3.05) is 7.11 Å². The number of rotatable bonds is 5. The van der Waals surface area contributed by atoms with Crippen LogP contribution in [0.5, 0.6) is 5.75 Å². The number of para-hydroxylation sites is 1. The van der Waals surface area contributed by atoms with E-state index < -0.39 is 0 Å². The molecule has 0 aliphatic heterocycles. The molecular weight excluding hydrogens is 344 g/mol. The van der Waals surface area contributed by atoms with Crippen molar-refractivity contribution in [2.45, 2.75) is 17.7 Å². The van der Waals surface area contributed by atoms with Crippen molar-refractivity contribution >= 4 is 22.7 Å². The van der Waals surface area contributed by atoms with Crippen LogP contribution in [0, 0.1) is 6.92 Å². The van der Waals surface area contributed by atoms with Gasteiger partial charge in [-0.25, -0.2) is 9.97 Å². The third kappa shape index (κ3) is 3.30. The summed E-state index contributed by atoms with van der Waals surface area (Å²) in [6.07, 6.45) is 1.64. The average molecular weight is 362 g/mol. The zero-order valence-corrected chi connectivity index (χ0v) is 15.4. The summed E-state index contributed by atoms with van der Waals surface area (Å²) in [6.45, 7) is 2.09. The maximum Gasteiger partial charge on any atom is 0.197 e. The molecule has 26 heavy (non-hydrogen) atoms. The van der Waals surface area contributed by atoms with Crippen LogP contribution in [0.4, 0.5) is 0 Å². The molecule has 0 bridgehead atoms. The monoisotopic (exact) mass is 362 g/mol. The Balaban J connectivity index is 1.73. The molecule has 0 aliphatic rings. The topological polar surface area (TPSA) is 48.2 Å². The van der Waals surface area contributed by atoms with Gasteiger partial charge in [-0.05, 0) is 31.2 Å². The Morgan fingerprint density at radius 1 is 1.04 bits per heavy atom. The Hall–Kier alpha value is -2.79. The van der Waals surface area contributed by atoms with E-state index >= 15 is 0 Å². The average Bonchev–Trinajstić information content (AvgIpc) is 3.21. The van der Waals surface area contributed by atoms with Gasteiger partial charge in [0, 0.05) is 16.7 Å². The van der Waals surface area contributed by atoms with Crippen molar-refractivity contribution in [3.05, 3.63) is 72.0 Å². The fourth-order valence-electron chi connectivity index (χ4n) is 2.84. The lowest BCUT2D eigenvalue weighted by Gasteiger charge is -2.11. The third-order valence-electron chi connectivity index (χ3n) is 4.11. The molecule has 0 N–H and O–H groups in total. The number of benzene rings is 2. The molecule has 130 valence electrons. The molecule has 0 aliphatic carbocycles. The highest BCUT2D eigenvalue weighted by atomic mass is 32.2. The van der Waals surface area contributed by atoms with Gasteiger partial charge in [0.1, 0.15) is 10.8 Å². The first kappa shape index (κ1) is 16.7. The Morgan fingerprint density at radius 2 is 1.92 bits per heavy atom. The highest BCUT2D eigenvalue weighted by Gasteiger charge is 2.13. The maximum absolute atomic E-state index is 5.50. The number of aryl methyl sites for hydroxylation is 1. The number of furan rings is 1. The number of hydrogen-bond donors (Lipinski definition) is 0. The zero-order valence-electron chi connectivity index (χ0n) is 14.6. The number of ether oxygens (including phenoxy) is 1. The van der Waals surface area contributed by atoms with E-state index in [4.69, 9.17) is 14.1 Å². The van der Waals surface area contributed by atoms with Gasteiger partial charge in [-0.15, -0.1) is 11.8 Å². The summed E-state index contributed by atoms with van der Waals surface area (Å²) in [5.41, 5.74) is 3.28. The van der Waals surface area contributed by atoms with E-state index in [1.807, 2.05) is 36.4 Å². The van der Waals surface area contributed by atoms with Gasteiger partial charge in [0.25, 0.3) is 0 Å². The molecule has 0 fully saturated rings. The number of thioether (sulfide) groups is 1. The molecule has 4 rings (SSSR count). The minimum absolute atomic E-state index is 0.604. The quantitative estimate of drug-likeness (QED) is 0.346. The van der Waals surface area contributed by atoms with Crippen LogP contribution in [0.15, 0.2) is 70.3 Å². The smallest absolute Gasteiger partial charge is 0.197 e. The van der Waals surface area contributed by atoms with E-state index in [0.717, 1.165) is 33.0 Å². The lowest BCUT2D eigenvalue weighted by atomic mass is 10.1. The van der Waals surface area contributed by atoms with Gasteiger partial charge < -0.3 is 9.15 Å². The van der Waals surface area contributed by atoms with Crippen LogP contribution in [0.1, 0.15) is 11.1 Å². The van der Waals surface area contributed by atoms with Crippen LogP contribution >= 0.6 is 11.8 Å². The van der Waals surface area contributed by atoms with Crippen molar-refractivity contribution in [1.82, 2.24) is 9.97 Å². The predicted molar refractivity (Wildman–Crippen MR) is 105 cm³/mol. The molecule has 5 heteroatoms. The highest BCUT2D eigenvalue weighted by Crippen LogP contribution is 2.33. The fourth-order valence-corrected chi connectivity index (χ4v) is 3.84. The first-order valence-electron chi connectivity index (χ1n) is 8.31. The summed E-state index contributed by atoms with van der Waals surface area (Å²) in [5, 5.41) is 1.98. The molecule has 0 spiro atoms. The van der Waals surface area contributed by atoms with Crippen LogP contribution in [0.25, 0.3) is 22.5 Å². The lowest BCUT2D eigenvalue weighted by Crippen LogP contribution is -1.95. The summed E-state index contributed by atoms with van der Waals surface area (Å²) in [7, 11) is 1.70. The summed E-state index contributed by atoms with van der Waals surface area (Å²) in [4.78, 5) is 9.39. The van der Waals surface area contributed by atoms with Crippen molar-refractivity contribution in [3.63, 3.8) is 0 Å². The standard InChI is InChI=1S/C21H18N2O2S/c1-14-9-10-18(24-2)15(12-14)13-26-21-16-6-3-4-7-17(16)22-20(23-21)19-8-5-11-25-19/h3-12H,13H2,1-2H3. The first-order chi connectivity index (χ1) is 12.7. The fraction of sp³-hybridized carbons (Fsp3) is 0.143. The Bertz CT molecular complexity index is 1050. The van der Waals surface area contributed by atoms with Gasteiger partial charge in [-0.1, -0.05) is 35.9 Å². The molecule has 2 aromatic heterocycles. The number of aromatic nitrogens is 2. The third-order valence-corrected chi connectivity index (χ3v) is 5.15. The predicted octanol–water partition coefficient (Wildman–Crippen LogP) is 5.50. The molecule has 2 heterocycles. The van der Waals surface area contributed by atoms with Gasteiger partial charge in [0.15, 0.2) is 11.6 Å². The molecule has 0 radical (unpaired) electrons.